The summed E-state index contributed by atoms with van der Waals surface area (Å²) < 4.78 is 24.8. The largest absolute Gasteiger partial charge is 0.379 e. The molecule has 0 saturated carbocycles. The van der Waals surface area contributed by atoms with E-state index in [0.717, 1.165) is 16.0 Å². The van der Waals surface area contributed by atoms with Crippen molar-refractivity contribution in [1.82, 2.24) is 5.32 Å². The van der Waals surface area contributed by atoms with Crippen LogP contribution in [0.2, 0.25) is 0 Å². The molecule has 0 fully saturated rings. The summed E-state index contributed by atoms with van der Waals surface area (Å²) in [6.07, 6.45) is 0. The van der Waals surface area contributed by atoms with E-state index in [2.05, 4.69) is 5.32 Å². The molecule has 0 radical (unpaired) electrons. The van der Waals surface area contributed by atoms with Crippen LogP contribution in [0.25, 0.3) is 10.4 Å². The standard InChI is InChI=1S/C23H24FNO3S/c1-2-27-12-13-28-16-18-7-5-6-17(14-18)15-25-23(26)22-11-10-21(29-22)19-8-3-4-9-20(19)24/h3-11,14H,2,12-13,15-16H2,1H3,(H,25,26). The zero-order chi connectivity index (χ0) is 20.5. The highest BCUT2D eigenvalue weighted by Gasteiger charge is 2.12. The van der Waals surface area contributed by atoms with Gasteiger partial charge in [0, 0.05) is 23.6 Å². The Balaban J connectivity index is 1.53. The van der Waals surface area contributed by atoms with Crippen molar-refractivity contribution in [3.8, 4) is 10.4 Å². The lowest BCUT2D eigenvalue weighted by molar-refractivity contribution is 0.0453. The summed E-state index contributed by atoms with van der Waals surface area (Å²) in [7, 11) is 0. The molecule has 1 N–H and O–H groups in total. The Hall–Kier alpha value is -2.54. The molecular weight excluding hydrogens is 389 g/mol. The number of benzene rings is 2. The zero-order valence-electron chi connectivity index (χ0n) is 16.3. The van der Waals surface area contributed by atoms with E-state index in [1.807, 2.05) is 31.2 Å². The van der Waals surface area contributed by atoms with Gasteiger partial charge in [0.25, 0.3) is 5.91 Å². The number of halogens is 1. The smallest absolute Gasteiger partial charge is 0.261 e. The third-order valence-corrected chi connectivity index (χ3v) is 5.38. The molecule has 0 aliphatic heterocycles. The van der Waals surface area contributed by atoms with E-state index in [-0.39, 0.29) is 11.7 Å². The molecule has 3 rings (SSSR count). The average molecular weight is 414 g/mol. The Labute approximate surface area is 174 Å². The van der Waals surface area contributed by atoms with E-state index >= 15 is 0 Å². The van der Waals surface area contributed by atoms with Gasteiger partial charge in [0.2, 0.25) is 0 Å². The second-order valence-corrected chi connectivity index (χ2v) is 7.48. The summed E-state index contributed by atoms with van der Waals surface area (Å²) in [4.78, 5) is 13.8. The second kappa shape index (κ2) is 10.9. The van der Waals surface area contributed by atoms with Gasteiger partial charge in [-0.05, 0) is 36.2 Å². The third kappa shape index (κ3) is 6.22. The normalized spacial score (nSPS) is 10.8. The van der Waals surface area contributed by atoms with Crippen molar-refractivity contribution in [3.05, 3.63) is 82.5 Å². The highest BCUT2D eigenvalue weighted by molar-refractivity contribution is 7.17. The Morgan fingerprint density at radius 1 is 1.00 bits per heavy atom. The van der Waals surface area contributed by atoms with Crippen LogP contribution in [-0.2, 0) is 22.6 Å². The Morgan fingerprint density at radius 2 is 1.79 bits per heavy atom. The summed E-state index contributed by atoms with van der Waals surface area (Å²) in [5, 5.41) is 2.92. The summed E-state index contributed by atoms with van der Waals surface area (Å²) in [6, 6.07) is 18.0. The quantitative estimate of drug-likeness (QED) is 0.474. The number of thiophene rings is 1. The van der Waals surface area contributed by atoms with E-state index in [0.29, 0.717) is 43.4 Å². The van der Waals surface area contributed by atoms with Crippen molar-refractivity contribution in [2.45, 2.75) is 20.1 Å². The fourth-order valence-corrected chi connectivity index (χ4v) is 3.77. The van der Waals surface area contributed by atoms with Gasteiger partial charge in [-0.1, -0.05) is 42.5 Å². The molecule has 6 heteroatoms. The maximum absolute atomic E-state index is 13.9. The second-order valence-electron chi connectivity index (χ2n) is 6.40. The number of amides is 1. The van der Waals surface area contributed by atoms with Crippen molar-refractivity contribution in [2.24, 2.45) is 0 Å². The highest BCUT2D eigenvalue weighted by atomic mass is 32.1. The van der Waals surface area contributed by atoms with E-state index in [1.54, 1.807) is 30.3 Å². The van der Waals surface area contributed by atoms with E-state index in [1.165, 1.54) is 17.4 Å². The van der Waals surface area contributed by atoms with Gasteiger partial charge in [-0.15, -0.1) is 11.3 Å². The molecule has 0 unspecified atom stereocenters. The van der Waals surface area contributed by atoms with Crippen LogP contribution in [0.4, 0.5) is 4.39 Å². The van der Waals surface area contributed by atoms with Crippen molar-refractivity contribution in [2.75, 3.05) is 19.8 Å². The molecule has 0 saturated heterocycles. The molecule has 0 spiro atoms. The molecule has 0 atom stereocenters. The molecule has 0 aliphatic carbocycles. The zero-order valence-corrected chi connectivity index (χ0v) is 17.1. The predicted octanol–water partition coefficient (Wildman–Crippen LogP) is 5.04. The molecule has 4 nitrogen and oxygen atoms in total. The van der Waals surface area contributed by atoms with Crippen LogP contribution in [-0.4, -0.2) is 25.7 Å². The van der Waals surface area contributed by atoms with Crippen LogP contribution in [0.3, 0.4) is 0 Å². The minimum absolute atomic E-state index is 0.170. The first-order valence-corrected chi connectivity index (χ1v) is 10.3. The maximum Gasteiger partial charge on any atom is 0.261 e. The maximum atomic E-state index is 13.9. The third-order valence-electron chi connectivity index (χ3n) is 4.26. The van der Waals surface area contributed by atoms with Gasteiger partial charge in [-0.25, -0.2) is 4.39 Å². The van der Waals surface area contributed by atoms with Gasteiger partial charge in [0.05, 0.1) is 24.7 Å². The molecular formula is C23H24FNO3S. The van der Waals surface area contributed by atoms with Gasteiger partial charge >= 0.3 is 0 Å². The molecule has 3 aromatic rings. The molecule has 0 bridgehead atoms. The van der Waals surface area contributed by atoms with Gasteiger partial charge in [0.15, 0.2) is 0 Å². The van der Waals surface area contributed by atoms with E-state index in [4.69, 9.17) is 9.47 Å². The van der Waals surface area contributed by atoms with E-state index < -0.39 is 0 Å². The fourth-order valence-electron chi connectivity index (χ4n) is 2.82. The Morgan fingerprint density at radius 3 is 2.62 bits per heavy atom. The van der Waals surface area contributed by atoms with Crippen molar-refractivity contribution in [1.29, 1.82) is 0 Å². The number of hydrogen-bond acceptors (Lipinski definition) is 4. The number of rotatable bonds is 10. The average Bonchev–Trinajstić information content (AvgIpc) is 3.23. The van der Waals surface area contributed by atoms with Crippen molar-refractivity contribution in [3.63, 3.8) is 0 Å². The first-order valence-electron chi connectivity index (χ1n) is 9.53. The summed E-state index contributed by atoms with van der Waals surface area (Å²) >= 11 is 1.28. The van der Waals surface area contributed by atoms with Crippen LogP contribution in [0, 0.1) is 5.82 Å². The molecule has 0 aliphatic rings. The lowest BCUT2D eigenvalue weighted by Crippen LogP contribution is -2.21. The number of nitrogens with one attached hydrogen (secondary N) is 1. The first-order chi connectivity index (χ1) is 14.2. The molecule has 152 valence electrons. The van der Waals surface area contributed by atoms with Crippen LogP contribution in [0.15, 0.2) is 60.7 Å². The SMILES string of the molecule is CCOCCOCc1cccc(CNC(=O)c2ccc(-c3ccccc3F)s2)c1. The van der Waals surface area contributed by atoms with Crippen molar-refractivity contribution < 1.29 is 18.7 Å². The van der Waals surface area contributed by atoms with Crippen LogP contribution >= 0.6 is 11.3 Å². The monoisotopic (exact) mass is 413 g/mol. The number of carbonyl (C=O) groups excluding carboxylic acids is 1. The highest BCUT2D eigenvalue weighted by Crippen LogP contribution is 2.30. The molecule has 1 aromatic heterocycles. The minimum Gasteiger partial charge on any atom is -0.379 e. The van der Waals surface area contributed by atoms with Crippen molar-refractivity contribution >= 4 is 17.2 Å². The lowest BCUT2D eigenvalue weighted by Gasteiger charge is -2.08. The molecule has 1 amide bonds. The van der Waals surface area contributed by atoms with Gasteiger partial charge in [-0.3, -0.25) is 4.79 Å². The van der Waals surface area contributed by atoms with Gasteiger partial charge in [-0.2, -0.15) is 0 Å². The lowest BCUT2D eigenvalue weighted by atomic mass is 10.1. The number of ether oxygens (including phenoxy) is 2. The van der Waals surface area contributed by atoms with Gasteiger partial charge < -0.3 is 14.8 Å². The number of carbonyl (C=O) groups is 1. The summed E-state index contributed by atoms with van der Waals surface area (Å²) in [5.74, 6) is -0.461. The number of hydrogen-bond donors (Lipinski definition) is 1. The molecule has 29 heavy (non-hydrogen) atoms. The minimum atomic E-state index is -0.290. The van der Waals surface area contributed by atoms with Crippen LogP contribution in [0.1, 0.15) is 27.7 Å². The van der Waals surface area contributed by atoms with E-state index in [9.17, 15) is 9.18 Å². The molecule has 2 aromatic carbocycles. The predicted molar refractivity (Wildman–Crippen MR) is 113 cm³/mol. The summed E-state index contributed by atoms with van der Waals surface area (Å²) in [5.41, 5.74) is 2.55. The first kappa shape index (κ1) is 21.2. The molecule has 1 heterocycles. The fraction of sp³-hybridized carbons (Fsp3) is 0.261. The van der Waals surface area contributed by atoms with Crippen LogP contribution in [0.5, 0.6) is 0 Å². The van der Waals surface area contributed by atoms with Gasteiger partial charge in [0.1, 0.15) is 5.82 Å². The topological polar surface area (TPSA) is 47.6 Å². The Bertz CT molecular complexity index is 941. The van der Waals surface area contributed by atoms with Crippen LogP contribution < -0.4 is 5.32 Å². The Kier molecular flexibility index (Phi) is 7.93. The summed E-state index contributed by atoms with van der Waals surface area (Å²) in [6.45, 7) is 4.70.